The molecule has 0 saturated heterocycles. The fraction of sp³-hybridized carbons (Fsp3) is 0.222. The van der Waals surface area contributed by atoms with E-state index in [1.807, 2.05) is 54.9 Å². The Kier molecular flexibility index (Phi) is 6.65. The summed E-state index contributed by atoms with van der Waals surface area (Å²) in [5.41, 5.74) is 5.30. The molecule has 5 rings (SSSR count). The number of carbonyl (C=O) groups is 1. The molecule has 0 saturated carbocycles. The maximum atomic E-state index is 14.2. The first kappa shape index (κ1) is 23.9. The monoisotopic (exact) mass is 544 g/mol. The quantitative estimate of drug-likeness (QED) is 0.253. The summed E-state index contributed by atoms with van der Waals surface area (Å²) in [6.45, 7) is 7.11. The Morgan fingerprint density at radius 3 is 2.72 bits per heavy atom. The summed E-state index contributed by atoms with van der Waals surface area (Å²) in [4.78, 5) is 29.2. The summed E-state index contributed by atoms with van der Waals surface area (Å²) >= 11 is 3.43. The number of nitrogens with zero attached hydrogens (tertiary/aromatic N) is 6. The minimum atomic E-state index is -0.180. The first-order valence-electron chi connectivity index (χ1n) is 11.6. The molecule has 5 aromatic rings. The van der Waals surface area contributed by atoms with Gasteiger partial charge < -0.3 is 9.09 Å². The molecule has 182 valence electrons. The van der Waals surface area contributed by atoms with E-state index in [-0.39, 0.29) is 5.91 Å². The molecule has 4 heterocycles. The second-order valence-corrected chi connectivity index (χ2v) is 9.68. The molecular formula is C27H25BrN6O2. The number of hydrogen-bond acceptors (Lipinski definition) is 6. The van der Waals surface area contributed by atoms with E-state index < -0.39 is 0 Å². The van der Waals surface area contributed by atoms with Gasteiger partial charge in [0.05, 0.1) is 28.7 Å². The van der Waals surface area contributed by atoms with Gasteiger partial charge in [-0.05, 0) is 66.9 Å². The lowest BCUT2D eigenvalue weighted by Gasteiger charge is -2.23. The van der Waals surface area contributed by atoms with Crippen molar-refractivity contribution in [3.05, 3.63) is 88.2 Å². The first-order chi connectivity index (χ1) is 17.4. The van der Waals surface area contributed by atoms with Crippen LogP contribution in [0.4, 0.5) is 5.82 Å². The van der Waals surface area contributed by atoms with Crippen LogP contribution in [0.3, 0.4) is 0 Å². The number of anilines is 1. The number of aromatic nitrogens is 5. The number of aryl methyl sites for hydroxylation is 4. The molecule has 1 amide bonds. The van der Waals surface area contributed by atoms with Crippen molar-refractivity contribution in [2.75, 3.05) is 11.4 Å². The third kappa shape index (κ3) is 4.79. The highest BCUT2D eigenvalue weighted by Crippen LogP contribution is 2.31. The van der Waals surface area contributed by atoms with Crippen molar-refractivity contribution in [1.82, 2.24) is 24.7 Å². The molecule has 0 fully saturated rings. The van der Waals surface area contributed by atoms with Crippen molar-refractivity contribution >= 4 is 38.8 Å². The number of halogens is 1. The van der Waals surface area contributed by atoms with Gasteiger partial charge in [-0.1, -0.05) is 28.9 Å². The van der Waals surface area contributed by atoms with Crippen LogP contribution >= 0.6 is 15.9 Å². The Morgan fingerprint density at radius 2 is 2.00 bits per heavy atom. The molecule has 0 atom stereocenters. The van der Waals surface area contributed by atoms with Gasteiger partial charge in [0.1, 0.15) is 5.82 Å². The van der Waals surface area contributed by atoms with Crippen LogP contribution in [0, 0.1) is 20.8 Å². The highest BCUT2D eigenvalue weighted by molar-refractivity contribution is 9.10. The second-order valence-electron chi connectivity index (χ2n) is 8.77. The molecule has 36 heavy (non-hydrogen) atoms. The van der Waals surface area contributed by atoms with Crippen LogP contribution in [0.1, 0.15) is 33.6 Å². The highest BCUT2D eigenvalue weighted by atomic mass is 79.9. The zero-order valence-corrected chi connectivity index (χ0v) is 21.9. The largest absolute Gasteiger partial charge is 0.337 e. The molecule has 9 heteroatoms. The van der Waals surface area contributed by atoms with E-state index in [0.29, 0.717) is 40.4 Å². The number of pyridine rings is 2. The molecule has 0 unspecified atom stereocenters. The van der Waals surface area contributed by atoms with Gasteiger partial charge in [-0.3, -0.25) is 9.69 Å². The Hall–Kier alpha value is -3.85. The van der Waals surface area contributed by atoms with Crippen molar-refractivity contribution in [3.63, 3.8) is 0 Å². The number of imidazole rings is 1. The SMILES string of the molecule is Cc1ccc(-c2cc(C(=O)N(CCCn3ccnc3)c3ccc(Br)cn3)c3c(C)noc3n2)c(C)c1. The van der Waals surface area contributed by atoms with E-state index >= 15 is 0 Å². The van der Waals surface area contributed by atoms with Crippen molar-refractivity contribution in [2.24, 2.45) is 0 Å². The van der Waals surface area contributed by atoms with Gasteiger partial charge >= 0.3 is 0 Å². The molecule has 0 aliphatic carbocycles. The van der Waals surface area contributed by atoms with Crippen LogP contribution in [0.15, 0.2) is 70.3 Å². The lowest BCUT2D eigenvalue weighted by molar-refractivity contribution is 0.0987. The maximum Gasteiger partial charge on any atom is 0.260 e. The predicted molar refractivity (Wildman–Crippen MR) is 142 cm³/mol. The first-order valence-corrected chi connectivity index (χ1v) is 12.4. The zero-order chi connectivity index (χ0) is 25.2. The number of benzene rings is 1. The molecule has 4 aromatic heterocycles. The van der Waals surface area contributed by atoms with E-state index in [2.05, 4.69) is 44.0 Å². The van der Waals surface area contributed by atoms with E-state index in [9.17, 15) is 4.79 Å². The van der Waals surface area contributed by atoms with Crippen molar-refractivity contribution in [3.8, 4) is 11.3 Å². The van der Waals surface area contributed by atoms with Crippen LogP contribution < -0.4 is 4.90 Å². The fourth-order valence-corrected chi connectivity index (χ4v) is 4.56. The van der Waals surface area contributed by atoms with Crippen molar-refractivity contribution in [2.45, 2.75) is 33.7 Å². The molecule has 0 N–H and O–H groups in total. The van der Waals surface area contributed by atoms with E-state index in [1.165, 1.54) is 0 Å². The fourth-order valence-electron chi connectivity index (χ4n) is 4.33. The molecule has 1 aromatic carbocycles. The van der Waals surface area contributed by atoms with Gasteiger partial charge in [0.25, 0.3) is 11.6 Å². The molecule has 0 radical (unpaired) electrons. The second kappa shape index (κ2) is 10.0. The summed E-state index contributed by atoms with van der Waals surface area (Å²) in [6.07, 6.45) is 7.84. The van der Waals surface area contributed by atoms with Crippen LogP contribution in [0.25, 0.3) is 22.4 Å². The molecule has 8 nitrogen and oxygen atoms in total. The van der Waals surface area contributed by atoms with E-state index in [0.717, 1.165) is 34.1 Å². The minimum absolute atomic E-state index is 0.180. The van der Waals surface area contributed by atoms with Crippen LogP contribution in [-0.2, 0) is 6.54 Å². The highest BCUT2D eigenvalue weighted by Gasteiger charge is 2.25. The summed E-state index contributed by atoms with van der Waals surface area (Å²) in [5.74, 6) is 0.390. The predicted octanol–water partition coefficient (Wildman–Crippen LogP) is 5.91. The Morgan fingerprint density at radius 1 is 1.14 bits per heavy atom. The van der Waals surface area contributed by atoms with Gasteiger partial charge in [0.2, 0.25) is 0 Å². The minimum Gasteiger partial charge on any atom is -0.337 e. The number of rotatable bonds is 7. The number of fused-ring (bicyclic) bond motifs is 1. The Labute approximate surface area is 217 Å². The molecule has 0 aliphatic heterocycles. The van der Waals surface area contributed by atoms with Crippen LogP contribution in [-0.4, -0.2) is 37.1 Å². The van der Waals surface area contributed by atoms with Gasteiger partial charge in [-0.2, -0.15) is 0 Å². The number of amides is 1. The lowest BCUT2D eigenvalue weighted by atomic mass is 10.00. The normalized spacial score (nSPS) is 11.2. The average Bonchev–Trinajstić information content (AvgIpc) is 3.52. The van der Waals surface area contributed by atoms with E-state index in [4.69, 9.17) is 9.51 Å². The van der Waals surface area contributed by atoms with Crippen LogP contribution in [0.2, 0.25) is 0 Å². The van der Waals surface area contributed by atoms with Crippen molar-refractivity contribution < 1.29 is 9.32 Å². The topological polar surface area (TPSA) is 89.9 Å². The van der Waals surface area contributed by atoms with E-state index in [1.54, 1.807) is 23.6 Å². The molecule has 0 aliphatic rings. The van der Waals surface area contributed by atoms with Crippen molar-refractivity contribution in [1.29, 1.82) is 0 Å². The Balaban J connectivity index is 1.58. The molecular weight excluding hydrogens is 520 g/mol. The lowest BCUT2D eigenvalue weighted by Crippen LogP contribution is -2.33. The summed E-state index contributed by atoms with van der Waals surface area (Å²) in [7, 11) is 0. The third-order valence-corrected chi connectivity index (χ3v) is 6.57. The smallest absolute Gasteiger partial charge is 0.260 e. The maximum absolute atomic E-state index is 14.2. The Bertz CT molecular complexity index is 1530. The van der Waals surface area contributed by atoms with Gasteiger partial charge in [0.15, 0.2) is 0 Å². The summed E-state index contributed by atoms with van der Waals surface area (Å²) < 4.78 is 8.37. The zero-order valence-electron chi connectivity index (χ0n) is 20.3. The summed E-state index contributed by atoms with van der Waals surface area (Å²) in [6, 6.07) is 11.7. The van der Waals surface area contributed by atoms with Gasteiger partial charge in [-0.15, -0.1) is 0 Å². The third-order valence-electron chi connectivity index (χ3n) is 6.10. The average molecular weight is 545 g/mol. The standard InChI is InChI=1S/C27H25BrN6O2/c1-17-5-7-21(18(2)13-17)23-14-22(25-19(3)32-36-26(25)31-23)27(35)34(24-8-6-20(28)15-30-24)11-4-10-33-12-9-29-16-33/h5-9,12-16H,4,10-11H2,1-3H3. The van der Waals surface area contributed by atoms with Gasteiger partial charge in [0, 0.05) is 41.7 Å². The summed E-state index contributed by atoms with van der Waals surface area (Å²) in [5, 5.41) is 4.73. The molecule has 0 bridgehead atoms. The van der Waals surface area contributed by atoms with Crippen LogP contribution in [0.5, 0.6) is 0 Å². The number of hydrogen-bond donors (Lipinski definition) is 0. The van der Waals surface area contributed by atoms with Gasteiger partial charge in [-0.25, -0.2) is 15.0 Å². The molecule has 0 spiro atoms. The number of carbonyl (C=O) groups excluding carboxylic acids is 1.